The molecular weight excluding hydrogens is 843 g/mol. The molecule has 5 heteroatoms. The van der Waals surface area contributed by atoms with E-state index in [-0.39, 0.29) is 10.8 Å². The third-order valence-corrected chi connectivity index (χ3v) is 14.6. The lowest BCUT2D eigenvalue weighted by Crippen LogP contribution is -2.12. The van der Waals surface area contributed by atoms with E-state index < -0.39 is 0 Å². The smallest absolute Gasteiger partial charge is 0.159 e. The lowest BCUT2D eigenvalue weighted by Gasteiger charge is -2.28. The van der Waals surface area contributed by atoms with Crippen molar-refractivity contribution in [2.75, 3.05) is 9.80 Å². The Morgan fingerprint density at radius 3 is 1.16 bits per heavy atom. The molecule has 0 saturated heterocycles. The van der Waals surface area contributed by atoms with Crippen LogP contribution < -0.4 is 9.80 Å². The highest BCUT2D eigenvalue weighted by molar-refractivity contribution is 6.29. The molecule has 0 amide bonds. The van der Waals surface area contributed by atoms with Crippen molar-refractivity contribution >= 4 is 116 Å². The van der Waals surface area contributed by atoms with Gasteiger partial charge < -0.3 is 23.0 Å². The Morgan fingerprint density at radius 2 is 0.739 bits per heavy atom. The van der Waals surface area contributed by atoms with Gasteiger partial charge in [-0.15, -0.1) is 0 Å². The maximum absolute atomic E-state index is 7.15. The Bertz CT molecular complexity index is 3910. The topological polar surface area (TPSA) is 37.2 Å². The monoisotopic (exact) mass is 895 g/mol. The first-order valence-corrected chi connectivity index (χ1v) is 24.2. The Hall–Kier alpha value is -8.02. The number of furan rings is 2. The average Bonchev–Trinajstić information content (AvgIpc) is 4.11. The average molecular weight is 896 g/mol. The largest absolute Gasteiger partial charge is 0.454 e. The number of rotatable bonds is 6. The van der Waals surface area contributed by atoms with E-state index in [9.17, 15) is 0 Å². The SMILES string of the molecule is Cc1ccc2c(oc3c(C(C)(C)C)cccc32)c1N(c1ccccc1)c1cccc2c1c1cccc3c4c(N(c5ccccc5)c5c(C)ccc6c5oc5c(C(C)(C)C)cccc56)cccc4n2c13. The summed E-state index contributed by atoms with van der Waals surface area (Å²) in [4.78, 5) is 4.88. The molecule has 0 aliphatic heterocycles. The van der Waals surface area contributed by atoms with Crippen molar-refractivity contribution in [3.8, 4) is 0 Å². The second-order valence-corrected chi connectivity index (χ2v) is 21.0. The molecule has 0 atom stereocenters. The zero-order valence-electron chi connectivity index (χ0n) is 40.4. The number of aryl methyl sites for hydroxylation is 2. The van der Waals surface area contributed by atoms with Gasteiger partial charge in [-0.3, -0.25) is 0 Å². The maximum Gasteiger partial charge on any atom is 0.159 e. The van der Waals surface area contributed by atoms with Crippen LogP contribution in [-0.2, 0) is 10.8 Å². The van der Waals surface area contributed by atoms with Crippen molar-refractivity contribution < 1.29 is 8.83 Å². The molecule has 4 aromatic heterocycles. The second-order valence-electron chi connectivity index (χ2n) is 21.0. The molecular formula is C64H53N3O2. The van der Waals surface area contributed by atoms with Crippen LogP contribution in [0.15, 0.2) is 185 Å². The van der Waals surface area contributed by atoms with Crippen LogP contribution in [0, 0.1) is 13.8 Å². The molecule has 4 heterocycles. The summed E-state index contributed by atoms with van der Waals surface area (Å²) in [6.07, 6.45) is 0. The lowest BCUT2D eigenvalue weighted by atomic mass is 9.86. The fourth-order valence-electron chi connectivity index (χ4n) is 11.5. The molecule has 0 N–H and O–H groups in total. The molecule has 0 spiro atoms. The Balaban J connectivity index is 1.09. The van der Waals surface area contributed by atoms with Crippen molar-refractivity contribution in [1.29, 1.82) is 0 Å². The van der Waals surface area contributed by atoms with Crippen LogP contribution in [0.25, 0.3) is 82.0 Å². The molecule has 13 aromatic rings. The van der Waals surface area contributed by atoms with Crippen molar-refractivity contribution in [2.24, 2.45) is 0 Å². The van der Waals surface area contributed by atoms with Crippen LogP contribution in [0.2, 0.25) is 0 Å². The molecule has 9 aromatic carbocycles. The number of nitrogens with zero attached hydrogens (tertiary/aromatic N) is 3. The van der Waals surface area contributed by atoms with E-state index in [4.69, 9.17) is 8.83 Å². The Morgan fingerprint density at radius 1 is 0.362 bits per heavy atom. The third-order valence-electron chi connectivity index (χ3n) is 14.6. The van der Waals surface area contributed by atoms with Crippen LogP contribution in [0.4, 0.5) is 34.1 Å². The number of benzene rings is 9. The molecule has 0 radical (unpaired) electrons. The van der Waals surface area contributed by atoms with Crippen molar-refractivity contribution in [3.63, 3.8) is 0 Å². The maximum atomic E-state index is 7.15. The zero-order chi connectivity index (χ0) is 47.1. The zero-order valence-corrected chi connectivity index (χ0v) is 40.4. The highest BCUT2D eigenvalue weighted by Gasteiger charge is 2.31. The summed E-state index contributed by atoms with van der Waals surface area (Å²) in [6, 6.07) is 64.2. The Labute approximate surface area is 401 Å². The molecule has 69 heavy (non-hydrogen) atoms. The molecule has 0 unspecified atom stereocenters. The summed E-state index contributed by atoms with van der Waals surface area (Å²) in [7, 11) is 0. The van der Waals surface area contributed by atoms with Crippen LogP contribution in [-0.4, -0.2) is 4.40 Å². The minimum absolute atomic E-state index is 0.0926. The van der Waals surface area contributed by atoms with Gasteiger partial charge in [0.25, 0.3) is 0 Å². The van der Waals surface area contributed by atoms with E-state index in [2.05, 4.69) is 246 Å². The van der Waals surface area contributed by atoms with Gasteiger partial charge in [0.1, 0.15) is 11.2 Å². The minimum Gasteiger partial charge on any atom is -0.454 e. The van der Waals surface area contributed by atoms with Gasteiger partial charge in [-0.05, 0) is 84.3 Å². The molecule has 0 aliphatic carbocycles. The van der Waals surface area contributed by atoms with Gasteiger partial charge in [0.05, 0.1) is 39.3 Å². The number of hydrogen-bond acceptors (Lipinski definition) is 4. The number of anilines is 6. The van der Waals surface area contributed by atoms with E-state index >= 15 is 0 Å². The van der Waals surface area contributed by atoms with E-state index in [1.54, 1.807) is 0 Å². The van der Waals surface area contributed by atoms with Crippen molar-refractivity contribution in [2.45, 2.75) is 66.2 Å². The van der Waals surface area contributed by atoms with Crippen LogP contribution in [0.1, 0.15) is 63.8 Å². The summed E-state index contributed by atoms with van der Waals surface area (Å²) in [5.74, 6) is 0. The van der Waals surface area contributed by atoms with Crippen LogP contribution >= 0.6 is 0 Å². The fraction of sp³-hybridized carbons (Fsp3) is 0.156. The summed E-state index contributed by atoms with van der Waals surface area (Å²) in [6.45, 7) is 18.0. The fourth-order valence-corrected chi connectivity index (χ4v) is 11.5. The van der Waals surface area contributed by atoms with E-state index in [1.165, 1.54) is 38.2 Å². The third kappa shape index (κ3) is 5.96. The molecule has 336 valence electrons. The normalized spacial score (nSPS) is 12.6. The van der Waals surface area contributed by atoms with E-state index in [0.717, 1.165) is 100 Å². The lowest BCUT2D eigenvalue weighted by molar-refractivity contribution is 0.572. The second kappa shape index (κ2) is 14.7. The standard InChI is InChI=1S/C64H53N3O2/c1-38-34-36-44-42-24-16-28-48(63(3,4)5)59(42)68-61(44)56(38)65(40-20-11-9-12-21-40)50-30-18-32-52-54(50)46-26-15-27-47-55-51(31-19-33-53(55)67(52)58(46)47)66(41-22-13-10-14-23-41)57-39(2)35-37-45-43-25-17-29-49(64(6,7)8)60(43)69-62(45)57/h9-37H,1-8H3. The van der Waals surface area contributed by atoms with Crippen LogP contribution in [0.5, 0.6) is 0 Å². The van der Waals surface area contributed by atoms with Gasteiger partial charge in [0.2, 0.25) is 0 Å². The van der Waals surface area contributed by atoms with Crippen molar-refractivity contribution in [1.82, 2.24) is 4.40 Å². The summed E-state index contributed by atoms with van der Waals surface area (Å²) >= 11 is 0. The van der Waals surface area contributed by atoms with Crippen LogP contribution in [0.3, 0.4) is 0 Å². The van der Waals surface area contributed by atoms with Gasteiger partial charge in [-0.2, -0.15) is 0 Å². The summed E-state index contributed by atoms with van der Waals surface area (Å²) in [5.41, 5.74) is 18.1. The highest BCUT2D eigenvalue weighted by atomic mass is 16.3. The van der Waals surface area contributed by atoms with Gasteiger partial charge in [0, 0.05) is 65.6 Å². The van der Waals surface area contributed by atoms with E-state index in [1.807, 2.05) is 0 Å². The summed E-state index contributed by atoms with van der Waals surface area (Å²) < 4.78 is 16.8. The molecule has 5 nitrogen and oxygen atoms in total. The van der Waals surface area contributed by atoms with Crippen molar-refractivity contribution in [3.05, 3.63) is 198 Å². The number of para-hydroxylation sites is 5. The van der Waals surface area contributed by atoms with E-state index in [0.29, 0.717) is 0 Å². The number of aromatic nitrogens is 1. The molecule has 0 saturated carbocycles. The molecule has 0 aliphatic rings. The van der Waals surface area contributed by atoms with Gasteiger partial charge >= 0.3 is 0 Å². The predicted octanol–water partition coefficient (Wildman–Crippen LogP) is 18.8. The molecule has 0 fully saturated rings. The predicted molar refractivity (Wildman–Crippen MR) is 292 cm³/mol. The first-order valence-electron chi connectivity index (χ1n) is 24.2. The Kier molecular flexibility index (Phi) is 8.80. The first kappa shape index (κ1) is 41.2. The number of hydrogen-bond donors (Lipinski definition) is 0. The first-order chi connectivity index (χ1) is 33.4. The van der Waals surface area contributed by atoms with Gasteiger partial charge in [-0.1, -0.05) is 169 Å². The number of fused-ring (bicyclic) bond motifs is 12. The minimum atomic E-state index is -0.0926. The molecule has 13 rings (SSSR count). The summed E-state index contributed by atoms with van der Waals surface area (Å²) in [5, 5.41) is 9.28. The molecule has 0 bridgehead atoms. The van der Waals surface area contributed by atoms with Gasteiger partial charge in [-0.25, -0.2) is 0 Å². The van der Waals surface area contributed by atoms with Gasteiger partial charge in [0.15, 0.2) is 11.2 Å². The highest BCUT2D eigenvalue weighted by Crippen LogP contribution is 2.53. The quantitative estimate of drug-likeness (QED) is 0.167.